The Morgan fingerprint density at radius 3 is 2.95 bits per heavy atom. The van der Waals surface area contributed by atoms with E-state index in [2.05, 4.69) is 12.2 Å². The highest BCUT2D eigenvalue weighted by molar-refractivity contribution is 7.14. The summed E-state index contributed by atoms with van der Waals surface area (Å²) in [5, 5.41) is 2.75. The third kappa shape index (κ3) is 2.69. The molecule has 1 amide bonds. The molecule has 1 aliphatic rings. The number of rotatable bonds is 3. The first-order valence-corrected chi connectivity index (χ1v) is 7.69. The van der Waals surface area contributed by atoms with Gasteiger partial charge in [-0.25, -0.2) is 0 Å². The summed E-state index contributed by atoms with van der Waals surface area (Å²) in [5.41, 5.74) is 0.935. The normalized spacial score (nSPS) is 13.9. The van der Waals surface area contributed by atoms with Gasteiger partial charge < -0.3 is 10.1 Å². The minimum absolute atomic E-state index is 0.0560. The van der Waals surface area contributed by atoms with Gasteiger partial charge in [0.25, 0.3) is 5.91 Å². The highest BCUT2D eigenvalue weighted by Gasteiger charge is 2.19. The lowest BCUT2D eigenvalue weighted by Gasteiger charge is -2.07. The van der Waals surface area contributed by atoms with Crippen molar-refractivity contribution in [3.8, 4) is 5.75 Å². The molecule has 108 valence electrons. The number of benzene rings is 1. The van der Waals surface area contributed by atoms with Crippen LogP contribution in [0.25, 0.3) is 0 Å². The van der Waals surface area contributed by atoms with Crippen LogP contribution in [0.3, 0.4) is 0 Å². The number of ketones is 1. The Morgan fingerprint density at radius 1 is 1.33 bits per heavy atom. The minimum Gasteiger partial charge on any atom is -0.491 e. The van der Waals surface area contributed by atoms with Crippen LogP contribution in [-0.2, 0) is 6.42 Å². The number of ether oxygens (including phenoxy) is 1. The highest BCUT2D eigenvalue weighted by atomic mass is 32.1. The Kier molecular flexibility index (Phi) is 3.75. The Labute approximate surface area is 126 Å². The molecule has 4 nitrogen and oxygen atoms in total. The number of carbonyl (C=O) groups excluding carboxylic acids is 2. The van der Waals surface area contributed by atoms with Crippen molar-refractivity contribution in [3.05, 3.63) is 51.2 Å². The fourth-order valence-corrected chi connectivity index (χ4v) is 3.14. The van der Waals surface area contributed by atoms with Gasteiger partial charge in [-0.05, 0) is 36.8 Å². The van der Waals surface area contributed by atoms with Gasteiger partial charge in [0, 0.05) is 10.4 Å². The predicted molar refractivity (Wildman–Crippen MR) is 81.4 cm³/mol. The number of carbonyl (C=O) groups is 2. The summed E-state index contributed by atoms with van der Waals surface area (Å²) in [4.78, 5) is 26.3. The molecule has 2 heterocycles. The number of aryl methyl sites for hydroxylation is 1. The van der Waals surface area contributed by atoms with Crippen LogP contribution in [0.1, 0.15) is 37.4 Å². The van der Waals surface area contributed by atoms with Crippen LogP contribution < -0.4 is 10.1 Å². The molecule has 0 saturated carbocycles. The zero-order valence-corrected chi connectivity index (χ0v) is 12.5. The number of amides is 1. The summed E-state index contributed by atoms with van der Waals surface area (Å²) in [5.74, 6) is 0.277. The molecule has 0 bridgehead atoms. The molecule has 1 N–H and O–H groups in total. The van der Waals surface area contributed by atoms with Crippen molar-refractivity contribution in [3.63, 3.8) is 0 Å². The van der Waals surface area contributed by atoms with Crippen molar-refractivity contribution in [2.45, 2.75) is 13.3 Å². The second kappa shape index (κ2) is 5.69. The van der Waals surface area contributed by atoms with Crippen LogP contribution in [0.15, 0.2) is 30.3 Å². The molecule has 0 aliphatic carbocycles. The lowest BCUT2D eigenvalue weighted by Crippen LogP contribution is -2.24. The molecule has 21 heavy (non-hydrogen) atoms. The van der Waals surface area contributed by atoms with E-state index in [1.54, 1.807) is 18.2 Å². The van der Waals surface area contributed by atoms with Gasteiger partial charge >= 0.3 is 0 Å². The molecule has 0 fully saturated rings. The molecular weight excluding hydrogens is 286 g/mol. The predicted octanol–water partition coefficient (Wildman–Crippen LogP) is 2.66. The van der Waals surface area contributed by atoms with E-state index >= 15 is 0 Å². The summed E-state index contributed by atoms with van der Waals surface area (Å²) in [7, 11) is 0. The third-order valence-electron chi connectivity index (χ3n) is 3.37. The summed E-state index contributed by atoms with van der Waals surface area (Å²) in [6, 6.07) is 8.84. The van der Waals surface area contributed by atoms with E-state index in [0.717, 1.165) is 6.42 Å². The maximum absolute atomic E-state index is 12.5. The monoisotopic (exact) mass is 301 g/mol. The van der Waals surface area contributed by atoms with E-state index in [0.29, 0.717) is 34.9 Å². The van der Waals surface area contributed by atoms with E-state index in [4.69, 9.17) is 4.74 Å². The maximum Gasteiger partial charge on any atom is 0.255 e. The zero-order valence-electron chi connectivity index (χ0n) is 11.6. The third-order valence-corrected chi connectivity index (χ3v) is 4.59. The second-order valence-corrected chi connectivity index (χ2v) is 5.93. The quantitative estimate of drug-likeness (QED) is 0.887. The Balaban J connectivity index is 1.96. The van der Waals surface area contributed by atoms with Crippen molar-refractivity contribution in [1.82, 2.24) is 5.32 Å². The lowest BCUT2D eigenvalue weighted by atomic mass is 10.0. The standard InChI is InChI=1S/C16H15NO3S/c1-2-11-4-6-14(21-11)15(18)10-3-5-13-12(9-10)16(19)17-7-8-20-13/h3-6,9H,2,7-8H2,1H3,(H,17,19). The average molecular weight is 301 g/mol. The van der Waals surface area contributed by atoms with Crippen molar-refractivity contribution >= 4 is 23.0 Å². The number of fused-ring (bicyclic) bond motifs is 1. The fraction of sp³-hybridized carbons (Fsp3) is 0.250. The van der Waals surface area contributed by atoms with E-state index in [1.807, 2.05) is 12.1 Å². The Morgan fingerprint density at radius 2 is 2.19 bits per heavy atom. The first-order chi connectivity index (χ1) is 10.2. The van der Waals surface area contributed by atoms with Crippen molar-refractivity contribution < 1.29 is 14.3 Å². The van der Waals surface area contributed by atoms with Crippen LogP contribution >= 0.6 is 11.3 Å². The molecule has 1 aromatic carbocycles. The Bertz CT molecular complexity index is 705. The smallest absolute Gasteiger partial charge is 0.255 e. The van der Waals surface area contributed by atoms with Crippen LogP contribution in [0.5, 0.6) is 5.75 Å². The largest absolute Gasteiger partial charge is 0.491 e. The molecule has 5 heteroatoms. The van der Waals surface area contributed by atoms with Crippen molar-refractivity contribution in [1.29, 1.82) is 0 Å². The van der Waals surface area contributed by atoms with E-state index in [9.17, 15) is 9.59 Å². The Hall–Kier alpha value is -2.14. The molecule has 0 unspecified atom stereocenters. The summed E-state index contributed by atoms with van der Waals surface area (Å²) in [6.45, 7) is 2.97. The lowest BCUT2D eigenvalue weighted by molar-refractivity contribution is 0.0957. The topological polar surface area (TPSA) is 55.4 Å². The number of thiophene rings is 1. The molecule has 1 aromatic heterocycles. The summed E-state index contributed by atoms with van der Waals surface area (Å²) < 4.78 is 5.49. The van der Waals surface area contributed by atoms with E-state index in [1.165, 1.54) is 16.2 Å². The van der Waals surface area contributed by atoms with Gasteiger partial charge in [-0.2, -0.15) is 0 Å². The molecule has 1 aliphatic heterocycles. The van der Waals surface area contributed by atoms with E-state index in [-0.39, 0.29) is 11.7 Å². The van der Waals surface area contributed by atoms with E-state index < -0.39 is 0 Å². The van der Waals surface area contributed by atoms with Gasteiger partial charge in [-0.3, -0.25) is 9.59 Å². The van der Waals surface area contributed by atoms with Gasteiger partial charge in [0.15, 0.2) is 0 Å². The van der Waals surface area contributed by atoms with Crippen molar-refractivity contribution in [2.75, 3.05) is 13.2 Å². The summed E-state index contributed by atoms with van der Waals surface area (Å²) in [6.07, 6.45) is 0.915. The molecule has 3 rings (SSSR count). The van der Waals surface area contributed by atoms with Crippen LogP contribution in [0.2, 0.25) is 0 Å². The molecule has 2 aromatic rings. The molecule has 0 spiro atoms. The maximum atomic E-state index is 12.5. The summed E-state index contributed by atoms with van der Waals surface area (Å²) >= 11 is 1.50. The first-order valence-electron chi connectivity index (χ1n) is 6.87. The average Bonchev–Trinajstić information content (AvgIpc) is 2.92. The number of hydrogen-bond acceptors (Lipinski definition) is 4. The van der Waals surface area contributed by atoms with Gasteiger partial charge in [-0.15, -0.1) is 11.3 Å². The number of nitrogens with one attached hydrogen (secondary N) is 1. The fourth-order valence-electron chi connectivity index (χ4n) is 2.23. The minimum atomic E-state index is -0.197. The van der Waals surface area contributed by atoms with Crippen molar-refractivity contribution in [2.24, 2.45) is 0 Å². The van der Waals surface area contributed by atoms with Crippen LogP contribution in [0, 0.1) is 0 Å². The highest BCUT2D eigenvalue weighted by Crippen LogP contribution is 2.25. The molecule has 0 saturated heterocycles. The van der Waals surface area contributed by atoms with Crippen LogP contribution in [-0.4, -0.2) is 24.8 Å². The van der Waals surface area contributed by atoms with Gasteiger partial charge in [0.05, 0.1) is 17.0 Å². The first kappa shape index (κ1) is 13.8. The molecule has 0 radical (unpaired) electrons. The van der Waals surface area contributed by atoms with Crippen LogP contribution in [0.4, 0.5) is 0 Å². The second-order valence-electron chi connectivity index (χ2n) is 4.76. The number of hydrogen-bond donors (Lipinski definition) is 1. The zero-order chi connectivity index (χ0) is 14.8. The SMILES string of the molecule is CCc1ccc(C(=O)c2ccc3c(c2)C(=O)NCCO3)s1. The molecule has 0 atom stereocenters. The van der Waals surface area contributed by atoms with Gasteiger partial charge in [0.2, 0.25) is 5.78 Å². The van der Waals surface area contributed by atoms with Gasteiger partial charge in [0.1, 0.15) is 12.4 Å². The van der Waals surface area contributed by atoms with Gasteiger partial charge in [-0.1, -0.05) is 6.92 Å². The molecular formula is C16H15NO3S.